The Morgan fingerprint density at radius 1 is 1.12 bits per heavy atom. The second-order valence-corrected chi connectivity index (χ2v) is 9.18. The zero-order valence-electron chi connectivity index (χ0n) is 14.6. The minimum absolute atomic E-state index is 0.00567. The molecule has 2 rings (SSSR count). The molecule has 0 aliphatic carbocycles. The molecular formula is C16H30N4O4S. The van der Waals surface area contributed by atoms with Gasteiger partial charge in [0.2, 0.25) is 5.91 Å². The lowest BCUT2D eigenvalue weighted by Gasteiger charge is -2.16. The zero-order valence-corrected chi connectivity index (χ0v) is 15.4. The molecule has 2 aliphatic heterocycles. The smallest absolute Gasteiger partial charge is 0.315 e. The lowest BCUT2D eigenvalue weighted by Crippen LogP contribution is -2.39. The maximum absolute atomic E-state index is 12.2. The second kappa shape index (κ2) is 9.38. The van der Waals surface area contributed by atoms with Crippen LogP contribution < -0.4 is 21.7 Å². The number of nitrogens with one attached hydrogen (secondary N) is 3. The molecule has 9 heteroatoms. The summed E-state index contributed by atoms with van der Waals surface area (Å²) in [5.41, 5.74) is 5.43. The van der Waals surface area contributed by atoms with Crippen LogP contribution in [0.25, 0.3) is 0 Å². The number of unbranched alkanes of at least 4 members (excludes halogenated alkanes) is 4. The van der Waals surface area contributed by atoms with Gasteiger partial charge in [0.25, 0.3) is 0 Å². The summed E-state index contributed by atoms with van der Waals surface area (Å²) in [7, 11) is -3.18. The summed E-state index contributed by atoms with van der Waals surface area (Å²) < 4.78 is 24.4. The number of rotatable bonds is 11. The van der Waals surface area contributed by atoms with Crippen molar-refractivity contribution in [2.75, 3.05) is 18.8 Å². The van der Waals surface area contributed by atoms with Crippen LogP contribution in [0.1, 0.15) is 51.4 Å². The van der Waals surface area contributed by atoms with Gasteiger partial charge in [-0.15, -0.1) is 0 Å². The lowest BCUT2D eigenvalue weighted by molar-refractivity contribution is -0.121. The first kappa shape index (κ1) is 20.0. The molecule has 2 heterocycles. The molecule has 3 atom stereocenters. The second-order valence-electron chi connectivity index (χ2n) is 6.92. The van der Waals surface area contributed by atoms with Crippen molar-refractivity contribution in [1.29, 1.82) is 0 Å². The molecule has 0 radical (unpaired) electrons. The highest BCUT2D eigenvalue weighted by molar-refractivity contribution is 7.92. The van der Waals surface area contributed by atoms with Crippen molar-refractivity contribution in [2.24, 2.45) is 5.73 Å². The Labute approximate surface area is 149 Å². The van der Waals surface area contributed by atoms with Crippen molar-refractivity contribution in [3.05, 3.63) is 0 Å². The van der Waals surface area contributed by atoms with Crippen molar-refractivity contribution >= 4 is 21.8 Å². The Balaban J connectivity index is 1.59. The van der Waals surface area contributed by atoms with Gasteiger partial charge in [-0.2, -0.15) is 0 Å². The monoisotopic (exact) mass is 374 g/mol. The highest BCUT2D eigenvalue weighted by Crippen LogP contribution is 2.28. The molecule has 144 valence electrons. The Morgan fingerprint density at radius 3 is 2.64 bits per heavy atom. The van der Waals surface area contributed by atoms with Crippen LogP contribution in [0.15, 0.2) is 0 Å². The van der Waals surface area contributed by atoms with Crippen LogP contribution in [-0.4, -0.2) is 56.5 Å². The molecule has 5 N–H and O–H groups in total. The summed E-state index contributed by atoms with van der Waals surface area (Å²) in [5.74, 6) is 0.0212. The van der Waals surface area contributed by atoms with E-state index < -0.39 is 15.1 Å². The lowest BCUT2D eigenvalue weighted by atomic mass is 10.0. The van der Waals surface area contributed by atoms with Gasteiger partial charge in [0.1, 0.15) is 0 Å². The first-order valence-corrected chi connectivity index (χ1v) is 10.9. The fourth-order valence-corrected chi connectivity index (χ4v) is 5.84. The largest absolute Gasteiger partial charge is 0.356 e. The van der Waals surface area contributed by atoms with Crippen molar-refractivity contribution in [2.45, 2.75) is 68.7 Å². The molecule has 0 saturated carbocycles. The number of fused-ring (bicyclic) bond motifs is 1. The normalized spacial score (nSPS) is 26.8. The van der Waals surface area contributed by atoms with E-state index in [0.717, 1.165) is 25.7 Å². The molecule has 0 aromatic heterocycles. The molecular weight excluding hydrogens is 344 g/mol. The van der Waals surface area contributed by atoms with Crippen LogP contribution in [0.3, 0.4) is 0 Å². The van der Waals surface area contributed by atoms with Gasteiger partial charge >= 0.3 is 6.03 Å². The number of amides is 3. The van der Waals surface area contributed by atoms with Gasteiger partial charge in [-0.1, -0.05) is 19.3 Å². The molecule has 8 nitrogen and oxygen atoms in total. The number of nitrogens with two attached hydrogens (primary N) is 1. The average molecular weight is 375 g/mol. The van der Waals surface area contributed by atoms with E-state index in [1.807, 2.05) is 0 Å². The molecule has 2 aliphatic rings. The third-order valence-corrected chi connectivity index (χ3v) is 7.19. The van der Waals surface area contributed by atoms with Gasteiger partial charge in [0.15, 0.2) is 9.84 Å². The maximum atomic E-state index is 12.2. The Morgan fingerprint density at radius 2 is 1.88 bits per heavy atom. The third kappa shape index (κ3) is 5.85. The number of carbonyl (C=O) groups excluding carboxylic acids is 2. The van der Waals surface area contributed by atoms with E-state index in [1.54, 1.807) is 0 Å². The molecule has 0 bridgehead atoms. The van der Waals surface area contributed by atoms with Crippen LogP contribution in [0.4, 0.5) is 4.79 Å². The highest BCUT2D eigenvalue weighted by Gasteiger charge is 2.51. The molecule has 3 unspecified atom stereocenters. The number of sulfone groups is 1. The maximum Gasteiger partial charge on any atom is 0.315 e. The molecule has 3 amide bonds. The topological polar surface area (TPSA) is 130 Å². The predicted molar refractivity (Wildman–Crippen MR) is 95.8 cm³/mol. The number of carbonyl (C=O) groups is 2. The van der Waals surface area contributed by atoms with Gasteiger partial charge < -0.3 is 21.7 Å². The SMILES string of the molecule is NCCCCCCNC(=O)CCCCC1C2NC(=O)NC2CS1(=O)=O. The van der Waals surface area contributed by atoms with E-state index in [4.69, 9.17) is 5.73 Å². The molecule has 0 spiro atoms. The van der Waals surface area contributed by atoms with Crippen LogP contribution in [0.2, 0.25) is 0 Å². The fraction of sp³-hybridized carbons (Fsp3) is 0.875. The van der Waals surface area contributed by atoms with Crippen LogP contribution in [0, 0.1) is 0 Å². The summed E-state index contributed by atoms with van der Waals surface area (Å²) in [6.07, 6.45) is 6.36. The van der Waals surface area contributed by atoms with Crippen LogP contribution >= 0.6 is 0 Å². The van der Waals surface area contributed by atoms with Gasteiger partial charge in [0.05, 0.1) is 23.1 Å². The highest BCUT2D eigenvalue weighted by atomic mass is 32.2. The van der Waals surface area contributed by atoms with Crippen molar-refractivity contribution < 1.29 is 18.0 Å². The standard InChI is InChI=1S/C16H30N4O4S/c17-9-5-1-2-6-10-18-14(21)8-4-3-7-13-15-12(11-25(13,23)24)19-16(22)20-15/h12-13,15H,1-11,17H2,(H,18,21)(H2,19,20,22). The van der Waals surface area contributed by atoms with Gasteiger partial charge in [-0.25, -0.2) is 13.2 Å². The molecule has 25 heavy (non-hydrogen) atoms. The number of hydrogen-bond donors (Lipinski definition) is 4. The number of urea groups is 1. The van der Waals surface area contributed by atoms with Crippen molar-refractivity contribution in [3.63, 3.8) is 0 Å². The fourth-order valence-electron chi connectivity index (χ4n) is 3.58. The summed E-state index contributed by atoms with van der Waals surface area (Å²) in [6, 6.07) is -0.939. The summed E-state index contributed by atoms with van der Waals surface area (Å²) in [4.78, 5) is 23.1. The van der Waals surface area contributed by atoms with Crippen LogP contribution in [0.5, 0.6) is 0 Å². The first-order chi connectivity index (χ1) is 11.9. The minimum Gasteiger partial charge on any atom is -0.356 e. The predicted octanol–water partition coefficient (Wildman–Crippen LogP) is 0.0291. The van der Waals surface area contributed by atoms with Crippen molar-refractivity contribution in [1.82, 2.24) is 16.0 Å². The summed E-state index contributed by atoms with van der Waals surface area (Å²) in [6.45, 7) is 1.40. The van der Waals surface area contributed by atoms with E-state index in [9.17, 15) is 18.0 Å². The minimum atomic E-state index is -3.18. The first-order valence-electron chi connectivity index (χ1n) is 9.19. The molecule has 2 fully saturated rings. The summed E-state index contributed by atoms with van der Waals surface area (Å²) in [5, 5.41) is 7.71. The van der Waals surface area contributed by atoms with E-state index >= 15 is 0 Å². The van der Waals surface area contributed by atoms with E-state index in [1.165, 1.54) is 0 Å². The van der Waals surface area contributed by atoms with E-state index in [2.05, 4.69) is 16.0 Å². The van der Waals surface area contributed by atoms with E-state index in [0.29, 0.717) is 38.8 Å². The van der Waals surface area contributed by atoms with Crippen molar-refractivity contribution in [3.8, 4) is 0 Å². The zero-order chi connectivity index (χ0) is 18.3. The van der Waals surface area contributed by atoms with Gasteiger partial charge in [-0.3, -0.25) is 4.79 Å². The van der Waals surface area contributed by atoms with E-state index in [-0.39, 0.29) is 29.8 Å². The van der Waals surface area contributed by atoms with Crippen LogP contribution in [-0.2, 0) is 14.6 Å². The molecule has 0 aromatic rings. The number of hydrogen-bond acceptors (Lipinski definition) is 5. The Kier molecular flexibility index (Phi) is 7.49. The summed E-state index contributed by atoms with van der Waals surface area (Å²) >= 11 is 0. The Hall–Kier alpha value is -1.35. The van der Waals surface area contributed by atoms with Gasteiger partial charge in [-0.05, 0) is 32.2 Å². The quantitative estimate of drug-likeness (QED) is 0.299. The molecule has 2 saturated heterocycles. The third-order valence-electron chi connectivity index (χ3n) is 4.92. The Bertz CT molecular complexity index is 566. The average Bonchev–Trinajstić information content (AvgIpc) is 2.99. The molecule has 0 aromatic carbocycles. The van der Waals surface area contributed by atoms with Gasteiger partial charge in [0, 0.05) is 13.0 Å².